The number of carbonyl (C=O) groups excluding carboxylic acids is 1. The Morgan fingerprint density at radius 1 is 1.29 bits per heavy atom. The lowest BCUT2D eigenvalue weighted by molar-refractivity contribution is -0.121. The van der Waals surface area contributed by atoms with Crippen LogP contribution in [0, 0.1) is 17.8 Å². The van der Waals surface area contributed by atoms with Gasteiger partial charge in [0, 0.05) is 5.92 Å². The molecule has 1 aromatic carbocycles. The van der Waals surface area contributed by atoms with Crippen LogP contribution >= 0.6 is 11.6 Å². The number of rotatable bonds is 3. The van der Waals surface area contributed by atoms with Crippen LogP contribution in [-0.2, 0) is 14.8 Å². The number of hydrogen-bond acceptors (Lipinski definition) is 3. The first kappa shape index (κ1) is 14.8. The van der Waals surface area contributed by atoms with E-state index in [-0.39, 0.29) is 21.7 Å². The van der Waals surface area contributed by atoms with Crippen LogP contribution in [0.4, 0.5) is 5.69 Å². The summed E-state index contributed by atoms with van der Waals surface area (Å²) in [5.74, 6) is 1.20. The van der Waals surface area contributed by atoms with Crippen molar-refractivity contribution in [2.45, 2.75) is 30.6 Å². The Bertz CT molecular complexity index is 689. The van der Waals surface area contributed by atoms with Gasteiger partial charge < -0.3 is 5.32 Å². The largest absolute Gasteiger partial charge is 0.325 e. The number of nitrogens with one attached hydrogen (secondary N) is 1. The summed E-state index contributed by atoms with van der Waals surface area (Å²) in [6.45, 7) is 0. The summed E-state index contributed by atoms with van der Waals surface area (Å²) in [4.78, 5) is 12.3. The SMILES string of the molecule is NS(=O)(=O)c1ccc(NC(=O)C2CC3CCC2C3)c(Cl)c1. The molecule has 0 aromatic heterocycles. The van der Waals surface area contributed by atoms with Crippen LogP contribution in [0.1, 0.15) is 25.7 Å². The van der Waals surface area contributed by atoms with Crippen molar-refractivity contribution in [3.8, 4) is 0 Å². The third kappa shape index (κ3) is 2.93. The van der Waals surface area contributed by atoms with Crippen molar-refractivity contribution in [3.05, 3.63) is 23.2 Å². The second kappa shape index (κ2) is 5.26. The monoisotopic (exact) mass is 328 g/mol. The normalized spacial score (nSPS) is 27.8. The molecule has 2 saturated carbocycles. The first-order valence-electron chi connectivity index (χ1n) is 6.98. The maximum Gasteiger partial charge on any atom is 0.238 e. The van der Waals surface area contributed by atoms with Crippen LogP contribution < -0.4 is 10.5 Å². The number of halogens is 1. The highest BCUT2D eigenvalue weighted by atomic mass is 35.5. The molecule has 0 saturated heterocycles. The van der Waals surface area contributed by atoms with Crippen molar-refractivity contribution in [2.75, 3.05) is 5.32 Å². The van der Waals surface area contributed by atoms with E-state index in [0.29, 0.717) is 17.5 Å². The van der Waals surface area contributed by atoms with Crippen LogP contribution in [0.2, 0.25) is 5.02 Å². The van der Waals surface area contributed by atoms with Crippen LogP contribution in [0.5, 0.6) is 0 Å². The van der Waals surface area contributed by atoms with Gasteiger partial charge in [-0.25, -0.2) is 13.6 Å². The summed E-state index contributed by atoms with van der Waals surface area (Å²) >= 11 is 6.03. The Kier molecular flexibility index (Phi) is 3.71. The summed E-state index contributed by atoms with van der Waals surface area (Å²) in [6.07, 6.45) is 4.46. The number of primary sulfonamides is 1. The minimum atomic E-state index is -3.79. The molecule has 0 aliphatic heterocycles. The Labute approximate surface area is 128 Å². The van der Waals surface area contributed by atoms with E-state index in [0.717, 1.165) is 19.3 Å². The minimum Gasteiger partial charge on any atom is -0.325 e. The van der Waals surface area contributed by atoms with Crippen molar-refractivity contribution >= 4 is 33.2 Å². The number of fused-ring (bicyclic) bond motifs is 2. The lowest BCUT2D eigenvalue weighted by Crippen LogP contribution is -2.27. The number of nitrogens with two attached hydrogens (primary N) is 1. The molecule has 3 unspecified atom stereocenters. The van der Waals surface area contributed by atoms with Crippen molar-refractivity contribution in [1.82, 2.24) is 0 Å². The summed E-state index contributed by atoms with van der Waals surface area (Å²) in [6, 6.07) is 4.08. The fourth-order valence-corrected chi connectivity index (χ4v) is 4.40. The summed E-state index contributed by atoms with van der Waals surface area (Å²) < 4.78 is 22.5. The van der Waals surface area contributed by atoms with Gasteiger partial charge in [0.25, 0.3) is 0 Å². The van der Waals surface area contributed by atoms with Gasteiger partial charge in [-0.1, -0.05) is 18.0 Å². The maximum atomic E-state index is 12.3. The lowest BCUT2D eigenvalue weighted by Gasteiger charge is -2.21. The van der Waals surface area contributed by atoms with Gasteiger partial charge in [-0.3, -0.25) is 4.79 Å². The first-order valence-corrected chi connectivity index (χ1v) is 8.90. The van der Waals surface area contributed by atoms with E-state index >= 15 is 0 Å². The molecule has 3 rings (SSSR count). The molecule has 0 heterocycles. The molecule has 114 valence electrons. The van der Waals surface area contributed by atoms with Gasteiger partial charge in [-0.15, -0.1) is 0 Å². The quantitative estimate of drug-likeness (QED) is 0.892. The zero-order valence-electron chi connectivity index (χ0n) is 11.4. The molecule has 3 N–H and O–H groups in total. The first-order chi connectivity index (χ1) is 9.84. The third-order valence-electron chi connectivity index (χ3n) is 4.60. The molecule has 0 spiro atoms. The lowest BCUT2D eigenvalue weighted by atomic mass is 9.88. The summed E-state index contributed by atoms with van der Waals surface area (Å²) in [5.41, 5.74) is 0.428. The van der Waals surface area contributed by atoms with Crippen molar-refractivity contribution in [1.29, 1.82) is 0 Å². The summed E-state index contributed by atoms with van der Waals surface area (Å²) in [7, 11) is -3.79. The van der Waals surface area contributed by atoms with E-state index in [2.05, 4.69) is 5.32 Å². The average molecular weight is 329 g/mol. The molecule has 2 fully saturated rings. The van der Waals surface area contributed by atoms with E-state index in [4.69, 9.17) is 16.7 Å². The second-order valence-electron chi connectivity index (χ2n) is 5.96. The fraction of sp³-hybridized carbons (Fsp3) is 0.500. The smallest absolute Gasteiger partial charge is 0.238 e. The van der Waals surface area contributed by atoms with Gasteiger partial charge in [0.05, 0.1) is 15.6 Å². The highest BCUT2D eigenvalue weighted by Gasteiger charge is 2.43. The number of carbonyl (C=O) groups is 1. The van der Waals surface area contributed by atoms with E-state index in [1.165, 1.54) is 24.6 Å². The molecule has 0 radical (unpaired) electrons. The molecule has 1 amide bonds. The molecule has 2 bridgehead atoms. The Morgan fingerprint density at radius 3 is 2.57 bits per heavy atom. The van der Waals surface area contributed by atoms with E-state index in [9.17, 15) is 13.2 Å². The zero-order valence-corrected chi connectivity index (χ0v) is 13.0. The Morgan fingerprint density at radius 2 is 2.05 bits per heavy atom. The topological polar surface area (TPSA) is 89.3 Å². The molecule has 2 aliphatic rings. The van der Waals surface area contributed by atoms with Gasteiger partial charge in [-0.2, -0.15) is 0 Å². The minimum absolute atomic E-state index is 0.0209. The second-order valence-corrected chi connectivity index (χ2v) is 7.93. The van der Waals surface area contributed by atoms with E-state index in [1.807, 2.05) is 0 Å². The molecule has 2 aliphatic carbocycles. The van der Waals surface area contributed by atoms with Crippen LogP contribution in [0.3, 0.4) is 0 Å². The number of benzene rings is 1. The number of hydrogen-bond donors (Lipinski definition) is 2. The van der Waals surface area contributed by atoms with Crippen LogP contribution in [-0.4, -0.2) is 14.3 Å². The van der Waals surface area contributed by atoms with E-state index < -0.39 is 10.0 Å². The molecule has 1 aromatic rings. The molecule has 5 nitrogen and oxygen atoms in total. The van der Waals surface area contributed by atoms with Crippen molar-refractivity contribution in [2.24, 2.45) is 22.9 Å². The number of sulfonamides is 1. The molecular weight excluding hydrogens is 312 g/mol. The average Bonchev–Trinajstić information content (AvgIpc) is 3.02. The van der Waals surface area contributed by atoms with Gasteiger partial charge in [0.1, 0.15) is 0 Å². The van der Waals surface area contributed by atoms with Crippen LogP contribution in [0.15, 0.2) is 23.1 Å². The van der Waals surface area contributed by atoms with Gasteiger partial charge in [0.15, 0.2) is 0 Å². The highest BCUT2D eigenvalue weighted by Crippen LogP contribution is 2.48. The van der Waals surface area contributed by atoms with Gasteiger partial charge in [-0.05, 0) is 49.3 Å². The molecular formula is C14H17ClN2O3S. The van der Waals surface area contributed by atoms with Crippen LogP contribution in [0.25, 0.3) is 0 Å². The third-order valence-corrected chi connectivity index (χ3v) is 5.83. The van der Waals surface area contributed by atoms with Crippen molar-refractivity contribution in [3.63, 3.8) is 0 Å². The molecule has 7 heteroatoms. The summed E-state index contributed by atoms with van der Waals surface area (Å²) in [5, 5.41) is 8.03. The maximum absolute atomic E-state index is 12.3. The van der Waals surface area contributed by atoms with Gasteiger partial charge in [0.2, 0.25) is 15.9 Å². The Hall–Kier alpha value is -1.11. The Balaban J connectivity index is 1.75. The molecule has 21 heavy (non-hydrogen) atoms. The number of anilines is 1. The van der Waals surface area contributed by atoms with Crippen molar-refractivity contribution < 1.29 is 13.2 Å². The number of amides is 1. The molecule has 3 atom stereocenters. The predicted octanol–water partition coefficient (Wildman–Crippen LogP) is 2.36. The zero-order chi connectivity index (χ0) is 15.2. The predicted molar refractivity (Wildman–Crippen MR) is 80.4 cm³/mol. The highest BCUT2D eigenvalue weighted by molar-refractivity contribution is 7.89. The van der Waals surface area contributed by atoms with E-state index in [1.54, 1.807) is 0 Å². The standard InChI is InChI=1S/C14H17ClN2O3S/c15-12-7-10(21(16,19)20)3-4-13(12)17-14(18)11-6-8-1-2-9(11)5-8/h3-4,7-9,11H,1-2,5-6H2,(H,17,18)(H2,16,19,20). The van der Waals surface area contributed by atoms with Gasteiger partial charge >= 0.3 is 0 Å². The fourth-order valence-electron chi connectivity index (χ4n) is 3.57.